The van der Waals surface area contributed by atoms with Gasteiger partial charge >= 0.3 is 6.18 Å². The molecule has 2 aromatic carbocycles. The fourth-order valence-corrected chi connectivity index (χ4v) is 3.31. The molecule has 1 N–H and O–H groups in total. The summed E-state index contributed by atoms with van der Waals surface area (Å²) < 4.78 is 52.4. The Bertz CT molecular complexity index is 1090. The number of amides is 1. The molecule has 3 aromatic rings. The van der Waals surface area contributed by atoms with Crippen molar-refractivity contribution in [3.05, 3.63) is 75.7 Å². The number of benzene rings is 2. The van der Waals surface area contributed by atoms with Gasteiger partial charge in [0.25, 0.3) is 5.91 Å². The molecule has 0 aliphatic rings. The van der Waals surface area contributed by atoms with Gasteiger partial charge in [-0.15, -0.1) is 0 Å². The smallest absolute Gasteiger partial charge is 0.348 e. The van der Waals surface area contributed by atoms with Crippen molar-refractivity contribution in [2.75, 3.05) is 0 Å². The molecule has 3 rings (SSSR count). The Hall–Kier alpha value is -2.96. The summed E-state index contributed by atoms with van der Waals surface area (Å²) in [4.78, 5) is 17.2. The lowest BCUT2D eigenvalue weighted by Gasteiger charge is -2.15. The highest BCUT2D eigenvalue weighted by Gasteiger charge is 2.31. The van der Waals surface area contributed by atoms with Crippen molar-refractivity contribution in [2.24, 2.45) is 0 Å². The number of alkyl halides is 3. The number of nitrogens with one attached hydrogen (secondary N) is 1. The van der Waals surface area contributed by atoms with Crippen molar-refractivity contribution >= 4 is 16.8 Å². The van der Waals surface area contributed by atoms with E-state index in [0.717, 1.165) is 17.7 Å². The van der Waals surface area contributed by atoms with Crippen LogP contribution in [0.15, 0.2) is 36.4 Å². The van der Waals surface area contributed by atoms with Crippen molar-refractivity contribution in [3.8, 4) is 0 Å². The molecule has 0 aliphatic carbocycles. The van der Waals surface area contributed by atoms with Gasteiger partial charge in [-0.1, -0.05) is 25.1 Å². The van der Waals surface area contributed by atoms with Crippen LogP contribution in [0.1, 0.15) is 45.2 Å². The molecular formula is C22H20F4N2O. The van der Waals surface area contributed by atoms with Crippen molar-refractivity contribution in [3.63, 3.8) is 0 Å². The SMILES string of the molecule is CCc1nc2cc(C(F)(F)F)ccc2c(C)c1C(=O)NCc1ccc(F)c(C)c1. The van der Waals surface area contributed by atoms with Gasteiger partial charge in [-0.05, 0) is 55.2 Å². The van der Waals surface area contributed by atoms with Gasteiger partial charge in [-0.25, -0.2) is 4.39 Å². The summed E-state index contributed by atoms with van der Waals surface area (Å²) in [7, 11) is 0. The molecule has 0 saturated heterocycles. The van der Waals surface area contributed by atoms with Gasteiger partial charge in [0, 0.05) is 11.9 Å². The first-order valence-corrected chi connectivity index (χ1v) is 9.15. The largest absolute Gasteiger partial charge is 0.416 e. The molecule has 0 saturated carbocycles. The molecule has 0 spiro atoms. The Morgan fingerprint density at radius 1 is 1.10 bits per heavy atom. The minimum absolute atomic E-state index is 0.202. The molecular weight excluding hydrogens is 384 g/mol. The predicted octanol–water partition coefficient (Wildman–Crippen LogP) is 5.50. The first-order valence-electron chi connectivity index (χ1n) is 9.15. The van der Waals surface area contributed by atoms with E-state index in [2.05, 4.69) is 10.3 Å². The molecule has 3 nitrogen and oxygen atoms in total. The Morgan fingerprint density at radius 2 is 1.83 bits per heavy atom. The lowest BCUT2D eigenvalue weighted by atomic mass is 9.98. The van der Waals surface area contributed by atoms with Crippen LogP contribution in [-0.4, -0.2) is 10.9 Å². The van der Waals surface area contributed by atoms with E-state index >= 15 is 0 Å². The Morgan fingerprint density at radius 3 is 2.45 bits per heavy atom. The number of carbonyl (C=O) groups excluding carboxylic acids is 1. The number of fused-ring (bicyclic) bond motifs is 1. The molecule has 1 amide bonds. The van der Waals surface area contributed by atoms with Gasteiger partial charge in [0.2, 0.25) is 0 Å². The van der Waals surface area contributed by atoms with Crippen LogP contribution < -0.4 is 5.32 Å². The van der Waals surface area contributed by atoms with Crippen LogP contribution in [0.5, 0.6) is 0 Å². The van der Waals surface area contributed by atoms with Gasteiger partial charge in [-0.2, -0.15) is 13.2 Å². The fraction of sp³-hybridized carbons (Fsp3) is 0.273. The molecule has 0 bridgehead atoms. The third-order valence-electron chi connectivity index (χ3n) is 4.89. The fourth-order valence-electron chi connectivity index (χ4n) is 3.31. The summed E-state index contributed by atoms with van der Waals surface area (Å²) >= 11 is 0. The quantitative estimate of drug-likeness (QED) is 0.584. The summed E-state index contributed by atoms with van der Waals surface area (Å²) in [6.07, 6.45) is -4.06. The second kappa shape index (κ2) is 7.81. The van der Waals surface area contributed by atoms with E-state index in [0.29, 0.717) is 34.2 Å². The maximum atomic E-state index is 13.4. The minimum Gasteiger partial charge on any atom is -0.348 e. The van der Waals surface area contributed by atoms with Crippen LogP contribution in [0.4, 0.5) is 17.6 Å². The molecule has 7 heteroatoms. The van der Waals surface area contributed by atoms with Crippen molar-refractivity contribution in [1.82, 2.24) is 10.3 Å². The molecule has 1 heterocycles. The number of carbonyl (C=O) groups is 1. The predicted molar refractivity (Wildman–Crippen MR) is 103 cm³/mol. The molecule has 0 aliphatic heterocycles. The Balaban J connectivity index is 1.95. The maximum Gasteiger partial charge on any atom is 0.416 e. The van der Waals surface area contributed by atoms with Crippen LogP contribution >= 0.6 is 0 Å². The summed E-state index contributed by atoms with van der Waals surface area (Å²) in [5, 5.41) is 3.29. The first-order chi connectivity index (χ1) is 13.6. The van der Waals surface area contributed by atoms with E-state index < -0.39 is 11.7 Å². The minimum atomic E-state index is -4.46. The van der Waals surface area contributed by atoms with Crippen LogP contribution in [0, 0.1) is 19.7 Å². The number of aromatic nitrogens is 1. The van der Waals surface area contributed by atoms with E-state index in [1.807, 2.05) is 0 Å². The van der Waals surface area contributed by atoms with E-state index in [9.17, 15) is 22.4 Å². The highest BCUT2D eigenvalue weighted by Crippen LogP contribution is 2.32. The molecule has 0 radical (unpaired) electrons. The van der Waals surface area contributed by atoms with E-state index in [-0.39, 0.29) is 23.8 Å². The summed E-state index contributed by atoms with van der Waals surface area (Å²) in [6, 6.07) is 7.93. The van der Waals surface area contributed by atoms with E-state index in [1.165, 1.54) is 12.1 Å². The molecule has 0 fully saturated rings. The lowest BCUT2D eigenvalue weighted by molar-refractivity contribution is -0.137. The second-order valence-corrected chi connectivity index (χ2v) is 6.91. The van der Waals surface area contributed by atoms with Crippen LogP contribution in [-0.2, 0) is 19.1 Å². The highest BCUT2D eigenvalue weighted by molar-refractivity contribution is 6.01. The average molecular weight is 404 g/mol. The van der Waals surface area contributed by atoms with Gasteiger partial charge < -0.3 is 5.32 Å². The highest BCUT2D eigenvalue weighted by atomic mass is 19.4. The zero-order valence-electron chi connectivity index (χ0n) is 16.2. The van der Waals surface area contributed by atoms with Crippen LogP contribution in [0.2, 0.25) is 0 Å². The molecule has 0 atom stereocenters. The zero-order chi connectivity index (χ0) is 21.3. The third-order valence-corrected chi connectivity index (χ3v) is 4.89. The zero-order valence-corrected chi connectivity index (χ0v) is 16.2. The lowest BCUT2D eigenvalue weighted by Crippen LogP contribution is -2.25. The number of hydrogen-bond donors (Lipinski definition) is 1. The van der Waals surface area contributed by atoms with Gasteiger partial charge in [0.15, 0.2) is 0 Å². The van der Waals surface area contributed by atoms with Gasteiger partial charge in [0.05, 0.1) is 22.3 Å². The van der Waals surface area contributed by atoms with Gasteiger partial charge in [0.1, 0.15) is 5.82 Å². The number of rotatable bonds is 4. The maximum absolute atomic E-state index is 13.4. The first kappa shape index (κ1) is 20.8. The summed E-state index contributed by atoms with van der Waals surface area (Å²) in [5.74, 6) is -0.684. The summed E-state index contributed by atoms with van der Waals surface area (Å²) in [6.45, 7) is 5.34. The number of aryl methyl sites for hydroxylation is 3. The molecule has 1 aromatic heterocycles. The molecule has 152 valence electrons. The number of halogens is 4. The Kier molecular flexibility index (Phi) is 5.59. The monoisotopic (exact) mass is 404 g/mol. The average Bonchev–Trinajstić information content (AvgIpc) is 2.67. The number of hydrogen-bond acceptors (Lipinski definition) is 2. The van der Waals surface area contributed by atoms with Gasteiger partial charge in [-0.3, -0.25) is 9.78 Å². The standard InChI is InChI=1S/C22H20F4N2O/c1-4-18-20(21(29)27-11-14-5-8-17(23)12(2)9-14)13(3)16-7-6-15(22(24,25)26)10-19(16)28-18/h5-10H,4,11H2,1-3H3,(H,27,29). The van der Waals surface area contributed by atoms with Crippen LogP contribution in [0.3, 0.4) is 0 Å². The topological polar surface area (TPSA) is 42.0 Å². The summed E-state index contributed by atoms with van der Waals surface area (Å²) in [5.41, 5.74) is 2.03. The Labute approximate surface area is 165 Å². The van der Waals surface area contributed by atoms with Crippen molar-refractivity contribution in [1.29, 1.82) is 0 Å². The second-order valence-electron chi connectivity index (χ2n) is 6.91. The molecule has 0 unspecified atom stereocenters. The molecule has 29 heavy (non-hydrogen) atoms. The number of nitrogens with zero attached hydrogens (tertiary/aromatic N) is 1. The third kappa shape index (κ3) is 4.23. The van der Waals surface area contributed by atoms with E-state index in [4.69, 9.17) is 0 Å². The van der Waals surface area contributed by atoms with Crippen LogP contribution in [0.25, 0.3) is 10.9 Å². The van der Waals surface area contributed by atoms with E-state index in [1.54, 1.807) is 32.9 Å². The normalized spacial score (nSPS) is 11.7. The van der Waals surface area contributed by atoms with Crippen molar-refractivity contribution in [2.45, 2.75) is 39.9 Å². The van der Waals surface area contributed by atoms with Crippen molar-refractivity contribution < 1.29 is 22.4 Å². The number of pyridine rings is 1.